The monoisotopic (exact) mass is 410 g/mol. The standard InChI is InChI=1S/C22H26N4O4/c1-13-12-30-22(28)26(13)19-11-25-7-8-29-18-10-14(5-6-16(18)21(25)24-19)9-17(20(23)27)15-3-2-4-15/h5-6,10-11,13,15,17H,2-4,7-9,12H2,1H3,(H2,23,27)/t13-,17+/m1/s1. The maximum atomic E-state index is 12.1. The molecule has 0 spiro atoms. The van der Waals surface area contributed by atoms with E-state index in [1.165, 1.54) is 6.42 Å². The van der Waals surface area contributed by atoms with Gasteiger partial charge >= 0.3 is 6.09 Å². The molecule has 2 aromatic rings. The van der Waals surface area contributed by atoms with E-state index in [4.69, 9.17) is 20.2 Å². The quantitative estimate of drug-likeness (QED) is 0.817. The average Bonchev–Trinajstić information content (AvgIpc) is 3.18. The van der Waals surface area contributed by atoms with Crippen molar-refractivity contribution in [1.29, 1.82) is 0 Å². The zero-order valence-corrected chi connectivity index (χ0v) is 17.0. The molecular weight excluding hydrogens is 384 g/mol. The van der Waals surface area contributed by atoms with E-state index >= 15 is 0 Å². The number of benzene rings is 1. The molecule has 8 nitrogen and oxygen atoms in total. The van der Waals surface area contributed by atoms with Crippen molar-refractivity contribution in [3.05, 3.63) is 30.0 Å². The van der Waals surface area contributed by atoms with Gasteiger partial charge in [-0.25, -0.2) is 9.78 Å². The molecule has 2 amide bonds. The summed E-state index contributed by atoms with van der Waals surface area (Å²) in [6, 6.07) is 5.96. The first kappa shape index (κ1) is 19.0. The minimum atomic E-state index is -0.365. The number of imidazole rings is 1. The normalized spacial score (nSPS) is 21.7. The highest BCUT2D eigenvalue weighted by Crippen LogP contribution is 2.38. The van der Waals surface area contributed by atoms with E-state index in [9.17, 15) is 9.59 Å². The number of rotatable bonds is 5. The predicted octanol–water partition coefficient (Wildman–Crippen LogP) is 2.73. The molecule has 158 valence electrons. The summed E-state index contributed by atoms with van der Waals surface area (Å²) in [5, 5.41) is 0. The number of anilines is 1. The Kier molecular flexibility index (Phi) is 4.64. The number of aromatic nitrogens is 2. The van der Waals surface area contributed by atoms with Gasteiger partial charge in [0.05, 0.1) is 18.2 Å². The largest absolute Gasteiger partial charge is 0.491 e. The SMILES string of the molecule is C[C@@H]1COC(=O)N1c1cn2c(n1)-c1ccc(C[C@H](C(N)=O)C3CCC3)cc1OCC2. The maximum absolute atomic E-state index is 12.1. The van der Waals surface area contributed by atoms with Gasteiger partial charge in [-0.15, -0.1) is 0 Å². The van der Waals surface area contributed by atoms with Crippen LogP contribution in [0.1, 0.15) is 31.7 Å². The number of amides is 2. The summed E-state index contributed by atoms with van der Waals surface area (Å²) in [6.45, 7) is 3.44. The van der Waals surface area contributed by atoms with Crippen molar-refractivity contribution in [2.75, 3.05) is 18.1 Å². The second-order valence-corrected chi connectivity index (χ2v) is 8.49. The highest BCUT2D eigenvalue weighted by Gasteiger charge is 2.34. The van der Waals surface area contributed by atoms with E-state index < -0.39 is 0 Å². The number of ether oxygens (including phenoxy) is 2. The zero-order chi connectivity index (χ0) is 20.8. The second kappa shape index (κ2) is 7.34. The van der Waals surface area contributed by atoms with E-state index in [0.717, 1.165) is 35.5 Å². The van der Waals surface area contributed by atoms with Crippen molar-refractivity contribution >= 4 is 17.8 Å². The van der Waals surface area contributed by atoms with Crippen molar-refractivity contribution in [3.63, 3.8) is 0 Å². The predicted molar refractivity (Wildman–Crippen MR) is 110 cm³/mol. The van der Waals surface area contributed by atoms with Crippen LogP contribution in [0.25, 0.3) is 11.4 Å². The fraction of sp³-hybridized carbons (Fsp3) is 0.500. The number of hydrogen-bond acceptors (Lipinski definition) is 5. The molecule has 0 unspecified atom stereocenters. The summed E-state index contributed by atoms with van der Waals surface area (Å²) in [6.07, 6.45) is 5.48. The lowest BCUT2D eigenvalue weighted by Crippen LogP contribution is -2.35. The van der Waals surface area contributed by atoms with Gasteiger partial charge in [-0.3, -0.25) is 9.69 Å². The molecule has 8 heteroatoms. The summed E-state index contributed by atoms with van der Waals surface area (Å²) in [5.41, 5.74) is 7.60. The van der Waals surface area contributed by atoms with E-state index in [1.54, 1.807) is 4.90 Å². The van der Waals surface area contributed by atoms with Crippen molar-refractivity contribution in [3.8, 4) is 17.1 Å². The number of cyclic esters (lactones) is 1. The van der Waals surface area contributed by atoms with Crippen LogP contribution in [0, 0.1) is 11.8 Å². The van der Waals surface area contributed by atoms with Crippen LogP contribution in [0.5, 0.6) is 5.75 Å². The summed E-state index contributed by atoms with van der Waals surface area (Å²) >= 11 is 0. The lowest BCUT2D eigenvalue weighted by molar-refractivity contribution is -0.124. The van der Waals surface area contributed by atoms with Crippen molar-refractivity contribution < 1.29 is 19.1 Å². The molecule has 2 fully saturated rings. The lowest BCUT2D eigenvalue weighted by atomic mass is 9.73. The molecule has 1 saturated heterocycles. The van der Waals surface area contributed by atoms with Crippen LogP contribution in [0.2, 0.25) is 0 Å². The third kappa shape index (κ3) is 3.20. The van der Waals surface area contributed by atoms with Crippen LogP contribution in [-0.4, -0.2) is 40.8 Å². The molecule has 2 atom stereocenters. The van der Waals surface area contributed by atoms with Crippen LogP contribution in [-0.2, 0) is 22.5 Å². The van der Waals surface area contributed by atoms with Crippen LogP contribution in [0.3, 0.4) is 0 Å². The Balaban J connectivity index is 1.45. The molecule has 0 radical (unpaired) electrons. The number of nitrogens with zero attached hydrogens (tertiary/aromatic N) is 3. The van der Waals surface area contributed by atoms with Crippen molar-refractivity contribution in [2.45, 2.75) is 45.2 Å². The molecule has 1 aromatic carbocycles. The number of fused-ring (bicyclic) bond motifs is 3. The van der Waals surface area contributed by atoms with Gasteiger partial charge in [0.1, 0.15) is 24.8 Å². The van der Waals surface area contributed by atoms with Crippen LogP contribution < -0.4 is 15.4 Å². The highest BCUT2D eigenvalue weighted by molar-refractivity contribution is 5.89. The molecule has 3 heterocycles. The third-order valence-electron chi connectivity index (χ3n) is 6.51. The minimum absolute atomic E-state index is 0.0491. The van der Waals surface area contributed by atoms with Crippen LogP contribution in [0.4, 0.5) is 10.6 Å². The van der Waals surface area contributed by atoms with Gasteiger partial charge in [0.15, 0.2) is 5.82 Å². The number of hydrogen-bond donors (Lipinski definition) is 1. The van der Waals surface area contributed by atoms with E-state index in [0.29, 0.717) is 37.9 Å². The first-order valence-electron chi connectivity index (χ1n) is 10.6. The average molecular weight is 410 g/mol. The molecule has 30 heavy (non-hydrogen) atoms. The zero-order valence-electron chi connectivity index (χ0n) is 17.0. The van der Waals surface area contributed by atoms with Gasteiger partial charge in [-0.05, 0) is 49.8 Å². The second-order valence-electron chi connectivity index (χ2n) is 8.49. The first-order chi connectivity index (χ1) is 14.5. The molecule has 2 N–H and O–H groups in total. The van der Waals surface area contributed by atoms with Crippen LogP contribution in [0.15, 0.2) is 24.4 Å². The van der Waals surface area contributed by atoms with Gasteiger partial charge in [0.25, 0.3) is 0 Å². The first-order valence-corrected chi connectivity index (χ1v) is 10.6. The number of carbonyl (C=O) groups is 2. The Labute approximate surface area is 175 Å². The molecule has 5 rings (SSSR count). The van der Waals surface area contributed by atoms with Gasteiger partial charge in [-0.1, -0.05) is 12.5 Å². The molecule has 2 aliphatic heterocycles. The van der Waals surface area contributed by atoms with Crippen molar-refractivity contribution in [1.82, 2.24) is 9.55 Å². The summed E-state index contributed by atoms with van der Waals surface area (Å²) in [7, 11) is 0. The Hall–Kier alpha value is -3.03. The smallest absolute Gasteiger partial charge is 0.415 e. The molecule has 1 aliphatic carbocycles. The Morgan fingerprint density at radius 3 is 2.83 bits per heavy atom. The van der Waals surface area contributed by atoms with Crippen LogP contribution >= 0.6 is 0 Å². The lowest BCUT2D eigenvalue weighted by Gasteiger charge is -2.32. The number of primary amides is 1. The molecule has 1 saturated carbocycles. The summed E-state index contributed by atoms with van der Waals surface area (Å²) in [4.78, 5) is 30.4. The molecule has 0 bridgehead atoms. The minimum Gasteiger partial charge on any atom is -0.491 e. The number of carbonyl (C=O) groups excluding carboxylic acids is 2. The topological polar surface area (TPSA) is 99.7 Å². The van der Waals surface area contributed by atoms with Gasteiger partial charge < -0.3 is 19.8 Å². The highest BCUT2D eigenvalue weighted by atomic mass is 16.6. The fourth-order valence-electron chi connectivity index (χ4n) is 4.59. The Bertz CT molecular complexity index is 997. The van der Waals surface area contributed by atoms with E-state index in [2.05, 4.69) is 0 Å². The third-order valence-corrected chi connectivity index (χ3v) is 6.51. The number of nitrogens with two attached hydrogens (primary N) is 1. The maximum Gasteiger partial charge on any atom is 0.415 e. The van der Waals surface area contributed by atoms with E-state index in [1.807, 2.05) is 35.9 Å². The Morgan fingerprint density at radius 1 is 1.33 bits per heavy atom. The summed E-state index contributed by atoms with van der Waals surface area (Å²) in [5.74, 6) is 2.15. The Morgan fingerprint density at radius 2 is 2.17 bits per heavy atom. The van der Waals surface area contributed by atoms with Gasteiger partial charge in [0, 0.05) is 12.1 Å². The molecular formula is C22H26N4O4. The van der Waals surface area contributed by atoms with Crippen molar-refractivity contribution in [2.24, 2.45) is 17.6 Å². The fourth-order valence-corrected chi connectivity index (χ4v) is 4.59. The molecule has 1 aromatic heterocycles. The molecule has 3 aliphatic rings. The van der Waals surface area contributed by atoms with Gasteiger partial charge in [-0.2, -0.15) is 0 Å². The van der Waals surface area contributed by atoms with E-state index in [-0.39, 0.29) is 24.0 Å². The summed E-state index contributed by atoms with van der Waals surface area (Å²) < 4.78 is 13.2. The van der Waals surface area contributed by atoms with Gasteiger partial charge in [0.2, 0.25) is 5.91 Å².